The first kappa shape index (κ1) is 13.9. The van der Waals surface area contributed by atoms with Crippen LogP contribution in [0.3, 0.4) is 0 Å². The molecule has 0 spiro atoms. The van der Waals surface area contributed by atoms with Gasteiger partial charge in [-0.05, 0) is 50.6 Å². The van der Waals surface area contributed by atoms with Gasteiger partial charge in [-0.1, -0.05) is 6.32 Å². The van der Waals surface area contributed by atoms with Gasteiger partial charge in [0.1, 0.15) is 5.82 Å². The van der Waals surface area contributed by atoms with Crippen LogP contribution in [0.15, 0.2) is 24.3 Å². The van der Waals surface area contributed by atoms with Crippen molar-refractivity contribution in [2.45, 2.75) is 33.7 Å². The lowest BCUT2D eigenvalue weighted by molar-refractivity contribution is 0.131. The highest BCUT2D eigenvalue weighted by Gasteiger charge is 2.07. The minimum Gasteiger partial charge on any atom is -0.376 e. The molecule has 0 N–H and O–H groups in total. The zero-order chi connectivity index (χ0) is 13.8. The highest BCUT2D eigenvalue weighted by molar-refractivity contribution is 6.08. The Kier molecular flexibility index (Phi) is 4.43. The predicted octanol–water partition coefficient (Wildman–Crippen LogP) is 2.90. The van der Waals surface area contributed by atoms with E-state index in [1.54, 1.807) is 0 Å². The van der Waals surface area contributed by atoms with E-state index in [1.165, 1.54) is 17.0 Å². The van der Waals surface area contributed by atoms with Crippen molar-refractivity contribution in [3.63, 3.8) is 0 Å². The van der Waals surface area contributed by atoms with E-state index in [0.29, 0.717) is 19.5 Å². The molecule has 98 valence electrons. The van der Waals surface area contributed by atoms with Crippen LogP contribution < -0.4 is 0 Å². The second kappa shape index (κ2) is 6.07. The fraction of sp³-hybridized carbons (Fsp3) is 0.400. The lowest BCUT2D eigenvalue weighted by atomic mass is 10.1. The number of rotatable bonds is 5. The van der Waals surface area contributed by atoms with Crippen molar-refractivity contribution in [1.82, 2.24) is 9.55 Å². The van der Waals surface area contributed by atoms with Crippen molar-refractivity contribution in [1.29, 1.82) is 0 Å². The number of ether oxygens (including phenoxy) is 1. The molecule has 0 aliphatic heterocycles. The van der Waals surface area contributed by atoms with E-state index in [9.17, 15) is 0 Å². The van der Waals surface area contributed by atoms with Crippen LogP contribution in [0.5, 0.6) is 0 Å². The van der Waals surface area contributed by atoms with Gasteiger partial charge in [0.25, 0.3) is 0 Å². The van der Waals surface area contributed by atoms with E-state index >= 15 is 0 Å². The van der Waals surface area contributed by atoms with E-state index in [0.717, 1.165) is 11.5 Å². The summed E-state index contributed by atoms with van der Waals surface area (Å²) < 4.78 is 7.61. The maximum atomic E-state index is 5.46. The molecule has 0 aromatic carbocycles. The van der Waals surface area contributed by atoms with Crippen molar-refractivity contribution < 1.29 is 4.74 Å². The summed E-state index contributed by atoms with van der Waals surface area (Å²) in [6.45, 7) is 7.31. The third-order valence-corrected chi connectivity index (χ3v) is 3.02. The van der Waals surface area contributed by atoms with E-state index in [1.807, 2.05) is 6.07 Å². The minimum atomic E-state index is 0.505. The molecule has 4 heteroatoms. The summed E-state index contributed by atoms with van der Waals surface area (Å²) in [6, 6.07) is 8.34. The van der Waals surface area contributed by atoms with Crippen LogP contribution in [0.25, 0.3) is 5.82 Å². The lowest BCUT2D eigenvalue weighted by Gasteiger charge is -2.11. The molecular weight excluding hydrogens is 235 g/mol. The van der Waals surface area contributed by atoms with Gasteiger partial charge >= 0.3 is 0 Å². The standard InChI is InChI=1S/C15H19BN2O/c1-11-8-14(10-19-7-6-16)17-15(9-11)18-12(2)4-5-13(18)3/h4-5,8-9H,6-7,10H2,1-3H3. The molecule has 2 aromatic rings. The first-order valence-corrected chi connectivity index (χ1v) is 6.52. The van der Waals surface area contributed by atoms with Gasteiger partial charge in [0.2, 0.25) is 0 Å². The molecular formula is C15H19BN2O. The van der Waals surface area contributed by atoms with E-state index in [2.05, 4.69) is 48.5 Å². The molecule has 19 heavy (non-hydrogen) atoms. The van der Waals surface area contributed by atoms with Crippen LogP contribution in [0, 0.1) is 20.8 Å². The average molecular weight is 254 g/mol. The van der Waals surface area contributed by atoms with Gasteiger partial charge in [0, 0.05) is 18.0 Å². The predicted molar refractivity (Wildman–Crippen MR) is 78.0 cm³/mol. The van der Waals surface area contributed by atoms with Crippen LogP contribution in [0.2, 0.25) is 6.32 Å². The summed E-state index contributed by atoms with van der Waals surface area (Å²) >= 11 is 0. The molecule has 0 saturated heterocycles. The summed E-state index contributed by atoms with van der Waals surface area (Å²) in [7, 11) is 5.42. The van der Waals surface area contributed by atoms with Crippen molar-refractivity contribution in [2.75, 3.05) is 6.61 Å². The highest BCUT2D eigenvalue weighted by atomic mass is 16.5. The summed E-state index contributed by atoms with van der Waals surface area (Å²) in [5.41, 5.74) is 4.49. The number of aryl methyl sites for hydroxylation is 3. The smallest absolute Gasteiger partial charge is 0.137 e. The van der Waals surface area contributed by atoms with Gasteiger partial charge in [0.15, 0.2) is 0 Å². The molecule has 2 aromatic heterocycles. The quantitative estimate of drug-likeness (QED) is 0.606. The Morgan fingerprint density at radius 2 is 1.84 bits per heavy atom. The largest absolute Gasteiger partial charge is 0.376 e. The average Bonchev–Trinajstić information content (AvgIpc) is 2.69. The van der Waals surface area contributed by atoms with Crippen LogP contribution in [0.1, 0.15) is 22.6 Å². The summed E-state index contributed by atoms with van der Waals surface area (Å²) in [5, 5.41) is 0. The van der Waals surface area contributed by atoms with Gasteiger partial charge < -0.3 is 9.30 Å². The highest BCUT2D eigenvalue weighted by Crippen LogP contribution is 2.16. The van der Waals surface area contributed by atoms with E-state index in [4.69, 9.17) is 12.6 Å². The van der Waals surface area contributed by atoms with Gasteiger partial charge in [-0.25, -0.2) is 4.98 Å². The van der Waals surface area contributed by atoms with Crippen molar-refractivity contribution in [2.24, 2.45) is 0 Å². The Bertz CT molecular complexity index is 544. The number of aromatic nitrogens is 2. The summed E-state index contributed by atoms with van der Waals surface area (Å²) in [4.78, 5) is 4.67. The Labute approximate surface area is 116 Å². The Balaban J connectivity index is 2.31. The van der Waals surface area contributed by atoms with Crippen LogP contribution in [-0.2, 0) is 11.3 Å². The SMILES string of the molecule is [B]CCOCc1cc(C)cc(-n2c(C)ccc2C)n1. The second-order valence-electron chi connectivity index (χ2n) is 4.79. The number of hydrogen-bond acceptors (Lipinski definition) is 2. The number of nitrogens with zero attached hydrogens (tertiary/aromatic N) is 2. The monoisotopic (exact) mass is 254 g/mol. The topological polar surface area (TPSA) is 27.1 Å². The number of pyridine rings is 1. The number of hydrogen-bond donors (Lipinski definition) is 0. The maximum absolute atomic E-state index is 5.46. The van der Waals surface area contributed by atoms with E-state index < -0.39 is 0 Å². The van der Waals surface area contributed by atoms with Gasteiger partial charge in [-0.15, -0.1) is 0 Å². The molecule has 0 atom stereocenters. The molecule has 0 fully saturated rings. The van der Waals surface area contributed by atoms with Crippen molar-refractivity contribution in [3.05, 3.63) is 46.9 Å². The second-order valence-corrected chi connectivity index (χ2v) is 4.79. The van der Waals surface area contributed by atoms with E-state index in [-0.39, 0.29) is 0 Å². The molecule has 2 heterocycles. The third kappa shape index (κ3) is 3.26. The Hall–Kier alpha value is -1.55. The normalized spacial score (nSPS) is 10.9. The van der Waals surface area contributed by atoms with Crippen LogP contribution >= 0.6 is 0 Å². The van der Waals surface area contributed by atoms with Crippen molar-refractivity contribution in [3.8, 4) is 5.82 Å². The molecule has 0 saturated carbocycles. The fourth-order valence-electron chi connectivity index (χ4n) is 2.20. The zero-order valence-corrected chi connectivity index (χ0v) is 11.8. The molecule has 2 radical (unpaired) electrons. The molecule has 0 bridgehead atoms. The first-order chi connectivity index (χ1) is 9.11. The Morgan fingerprint density at radius 3 is 2.47 bits per heavy atom. The summed E-state index contributed by atoms with van der Waals surface area (Å²) in [5.74, 6) is 0.950. The minimum absolute atomic E-state index is 0.505. The van der Waals surface area contributed by atoms with Gasteiger partial charge in [0.05, 0.1) is 20.1 Å². The molecule has 2 rings (SSSR count). The molecule has 0 amide bonds. The molecule has 0 aliphatic carbocycles. The molecule has 3 nitrogen and oxygen atoms in total. The molecule has 0 unspecified atom stereocenters. The summed E-state index contributed by atoms with van der Waals surface area (Å²) in [6.07, 6.45) is 0.536. The zero-order valence-electron chi connectivity index (χ0n) is 11.8. The molecule has 0 aliphatic rings. The Morgan fingerprint density at radius 1 is 1.16 bits per heavy atom. The third-order valence-electron chi connectivity index (χ3n) is 3.02. The van der Waals surface area contributed by atoms with Gasteiger partial charge in [-0.2, -0.15) is 0 Å². The van der Waals surface area contributed by atoms with Crippen LogP contribution in [-0.4, -0.2) is 24.0 Å². The first-order valence-electron chi connectivity index (χ1n) is 6.52. The van der Waals surface area contributed by atoms with Crippen LogP contribution in [0.4, 0.5) is 0 Å². The lowest BCUT2D eigenvalue weighted by Crippen LogP contribution is -2.06. The maximum Gasteiger partial charge on any atom is 0.137 e. The fourth-order valence-corrected chi connectivity index (χ4v) is 2.20. The van der Waals surface area contributed by atoms with Crippen molar-refractivity contribution >= 4 is 7.85 Å². The van der Waals surface area contributed by atoms with Gasteiger partial charge in [-0.3, -0.25) is 0 Å².